The van der Waals surface area contributed by atoms with E-state index in [1.54, 1.807) is 6.33 Å². The van der Waals surface area contributed by atoms with Crippen molar-refractivity contribution in [3.05, 3.63) is 36.9 Å². The second kappa shape index (κ2) is 7.22. The van der Waals surface area contributed by atoms with Crippen molar-refractivity contribution >= 4 is 11.7 Å². The lowest BCUT2D eigenvalue weighted by atomic mass is 9.49. The van der Waals surface area contributed by atoms with Gasteiger partial charge >= 0.3 is 0 Å². The normalized spacial score (nSPS) is 30.4. The molecule has 0 radical (unpaired) electrons. The number of hydrogen-bond acceptors (Lipinski definition) is 4. The zero-order chi connectivity index (χ0) is 19.0. The molecule has 0 unspecified atom stereocenters. The molecule has 2 N–H and O–H groups in total. The Morgan fingerprint density at radius 3 is 2.39 bits per heavy atom. The van der Waals surface area contributed by atoms with E-state index in [2.05, 4.69) is 20.6 Å². The highest BCUT2D eigenvalue weighted by Gasteiger charge is 2.51. The lowest BCUT2D eigenvalue weighted by Crippen LogP contribution is -2.48. The number of carbonyl (C=O) groups is 1. The predicted octanol–water partition coefficient (Wildman–Crippen LogP) is 3.40. The number of amides is 1. The molecule has 6 heteroatoms. The van der Waals surface area contributed by atoms with E-state index in [9.17, 15) is 4.79 Å². The van der Waals surface area contributed by atoms with E-state index in [4.69, 9.17) is 0 Å². The lowest BCUT2D eigenvalue weighted by Gasteiger charge is -2.56. The molecule has 1 amide bonds. The van der Waals surface area contributed by atoms with Gasteiger partial charge in [0.25, 0.3) is 0 Å². The van der Waals surface area contributed by atoms with Crippen molar-refractivity contribution in [3.63, 3.8) is 0 Å². The molecule has 4 fully saturated rings. The fourth-order valence-corrected chi connectivity index (χ4v) is 6.37. The zero-order valence-electron chi connectivity index (χ0n) is 16.3. The molecule has 0 atom stereocenters. The van der Waals surface area contributed by atoms with Crippen molar-refractivity contribution in [2.45, 2.75) is 44.9 Å². The summed E-state index contributed by atoms with van der Waals surface area (Å²) in [6.45, 7) is 1.28. The largest absolute Gasteiger partial charge is 0.368 e. The molecular weight excluding hydrogens is 350 g/mol. The maximum atomic E-state index is 12.6. The van der Waals surface area contributed by atoms with Gasteiger partial charge in [0.1, 0.15) is 18.0 Å². The monoisotopic (exact) mass is 379 g/mol. The van der Waals surface area contributed by atoms with E-state index < -0.39 is 0 Å². The van der Waals surface area contributed by atoms with Crippen LogP contribution in [0.4, 0.5) is 5.82 Å². The highest BCUT2D eigenvalue weighted by Crippen LogP contribution is 2.61. The molecule has 2 aromatic heterocycles. The van der Waals surface area contributed by atoms with Crippen LogP contribution in [0.1, 0.15) is 44.9 Å². The van der Waals surface area contributed by atoms with Gasteiger partial charge in [-0.25, -0.2) is 9.97 Å². The highest BCUT2D eigenvalue weighted by atomic mass is 16.1. The van der Waals surface area contributed by atoms with Gasteiger partial charge in [-0.1, -0.05) is 0 Å². The molecule has 0 aliphatic heterocycles. The lowest BCUT2D eigenvalue weighted by molar-refractivity contribution is -0.129. The first-order valence-electron chi connectivity index (χ1n) is 10.6. The van der Waals surface area contributed by atoms with Gasteiger partial charge in [0.2, 0.25) is 5.91 Å². The maximum Gasteiger partial charge on any atom is 0.220 e. The van der Waals surface area contributed by atoms with Gasteiger partial charge in [0.05, 0.1) is 0 Å². The molecule has 0 saturated heterocycles. The van der Waals surface area contributed by atoms with Gasteiger partial charge in [0.15, 0.2) is 0 Å². The van der Waals surface area contributed by atoms with Crippen LogP contribution in [-0.4, -0.2) is 33.5 Å². The van der Waals surface area contributed by atoms with Crippen molar-refractivity contribution in [2.24, 2.45) is 23.2 Å². The fraction of sp³-hybridized carbons (Fsp3) is 0.591. The van der Waals surface area contributed by atoms with Gasteiger partial charge in [-0.2, -0.15) is 0 Å². The van der Waals surface area contributed by atoms with Crippen LogP contribution in [0.15, 0.2) is 36.9 Å². The summed E-state index contributed by atoms with van der Waals surface area (Å²) in [4.78, 5) is 21.1. The molecule has 28 heavy (non-hydrogen) atoms. The summed E-state index contributed by atoms with van der Waals surface area (Å²) < 4.78 is 1.94. The molecular formula is C22H29N5O. The quantitative estimate of drug-likeness (QED) is 0.723. The molecule has 4 aliphatic carbocycles. The van der Waals surface area contributed by atoms with Crippen LogP contribution in [0.2, 0.25) is 0 Å². The van der Waals surface area contributed by atoms with Crippen LogP contribution in [-0.2, 0) is 4.79 Å². The third-order valence-electron chi connectivity index (χ3n) is 6.98. The number of aromatic nitrogens is 3. The number of hydrogen-bond donors (Lipinski definition) is 2. The van der Waals surface area contributed by atoms with Crippen molar-refractivity contribution in [1.82, 2.24) is 19.9 Å². The number of rotatable bonds is 7. The topological polar surface area (TPSA) is 71.8 Å². The second-order valence-corrected chi connectivity index (χ2v) is 9.22. The van der Waals surface area contributed by atoms with Crippen molar-refractivity contribution in [1.29, 1.82) is 0 Å². The molecule has 4 aliphatic rings. The van der Waals surface area contributed by atoms with Gasteiger partial charge in [0, 0.05) is 38.0 Å². The fourth-order valence-electron chi connectivity index (χ4n) is 6.37. The summed E-state index contributed by atoms with van der Waals surface area (Å²) in [5.74, 6) is 4.51. The minimum atomic E-state index is 0.222. The Kier molecular flexibility index (Phi) is 4.57. The van der Waals surface area contributed by atoms with Crippen LogP contribution in [0, 0.1) is 23.2 Å². The molecule has 0 spiro atoms. The minimum Gasteiger partial charge on any atom is -0.368 e. The van der Waals surface area contributed by atoms with Crippen LogP contribution in [0.5, 0.6) is 0 Å². The molecule has 4 bridgehead atoms. The molecule has 2 aromatic rings. The number of carbonyl (C=O) groups excluding carboxylic acids is 1. The number of anilines is 1. The van der Waals surface area contributed by atoms with E-state index in [0.29, 0.717) is 18.5 Å². The average molecular weight is 380 g/mol. The SMILES string of the molecule is O=C(CC12CC3CC(CC(C3)C1)C2)NCCNc1cc(-n2cccc2)ncn1. The minimum absolute atomic E-state index is 0.222. The zero-order valence-corrected chi connectivity index (χ0v) is 16.3. The third-order valence-corrected chi connectivity index (χ3v) is 6.98. The van der Waals surface area contributed by atoms with Gasteiger partial charge < -0.3 is 15.2 Å². The first kappa shape index (κ1) is 17.7. The summed E-state index contributed by atoms with van der Waals surface area (Å²) >= 11 is 0. The standard InChI is InChI=1S/C22H29N5O/c28-21(14-22-11-16-7-17(12-22)9-18(8-16)13-22)24-4-3-23-19-10-20(26-15-25-19)27-5-1-2-6-27/h1-2,5-6,10,15-18H,3-4,7-9,11-14H2,(H,24,28)(H,23,25,26). The summed E-state index contributed by atoms with van der Waals surface area (Å²) in [7, 11) is 0. The Morgan fingerprint density at radius 1 is 1.04 bits per heavy atom. The van der Waals surface area contributed by atoms with E-state index in [-0.39, 0.29) is 5.91 Å². The summed E-state index contributed by atoms with van der Waals surface area (Å²) in [6.07, 6.45) is 14.3. The molecule has 6 nitrogen and oxygen atoms in total. The molecule has 0 aromatic carbocycles. The van der Waals surface area contributed by atoms with Gasteiger partial charge in [-0.05, 0) is 73.8 Å². The molecule has 148 valence electrons. The van der Waals surface area contributed by atoms with E-state index in [0.717, 1.165) is 35.8 Å². The Hall–Kier alpha value is -2.37. The first-order chi connectivity index (χ1) is 13.7. The van der Waals surface area contributed by atoms with E-state index >= 15 is 0 Å². The van der Waals surface area contributed by atoms with Gasteiger partial charge in [-0.15, -0.1) is 0 Å². The van der Waals surface area contributed by atoms with E-state index in [1.807, 2.05) is 35.2 Å². The second-order valence-electron chi connectivity index (χ2n) is 9.22. The van der Waals surface area contributed by atoms with E-state index in [1.165, 1.54) is 38.5 Å². The Morgan fingerprint density at radius 2 is 1.71 bits per heavy atom. The average Bonchev–Trinajstić information content (AvgIpc) is 3.19. The molecule has 6 rings (SSSR count). The Bertz CT molecular complexity index is 796. The van der Waals surface area contributed by atoms with Crippen LogP contribution < -0.4 is 10.6 Å². The smallest absolute Gasteiger partial charge is 0.220 e. The summed E-state index contributed by atoms with van der Waals surface area (Å²) in [5, 5.41) is 6.40. The first-order valence-corrected chi connectivity index (χ1v) is 10.6. The number of nitrogens with one attached hydrogen (secondary N) is 2. The Balaban J connectivity index is 1.09. The van der Waals surface area contributed by atoms with Crippen LogP contribution >= 0.6 is 0 Å². The van der Waals surface area contributed by atoms with Crippen LogP contribution in [0.3, 0.4) is 0 Å². The van der Waals surface area contributed by atoms with Gasteiger partial charge in [-0.3, -0.25) is 4.79 Å². The summed E-state index contributed by atoms with van der Waals surface area (Å²) in [5.41, 5.74) is 0.310. The van der Waals surface area contributed by atoms with Crippen molar-refractivity contribution < 1.29 is 4.79 Å². The van der Waals surface area contributed by atoms with Crippen LogP contribution in [0.25, 0.3) is 5.82 Å². The highest BCUT2D eigenvalue weighted by molar-refractivity contribution is 5.76. The third kappa shape index (κ3) is 3.64. The molecule has 4 saturated carbocycles. The predicted molar refractivity (Wildman–Crippen MR) is 108 cm³/mol. The van der Waals surface area contributed by atoms with Crippen molar-refractivity contribution in [2.75, 3.05) is 18.4 Å². The van der Waals surface area contributed by atoms with Crippen molar-refractivity contribution in [3.8, 4) is 5.82 Å². The maximum absolute atomic E-state index is 12.6. The molecule has 2 heterocycles. The number of nitrogens with zero attached hydrogens (tertiary/aromatic N) is 3. The Labute approximate surface area is 166 Å². The summed E-state index contributed by atoms with van der Waals surface area (Å²) in [6, 6.07) is 5.85.